The number of thiazole rings is 1. The molecule has 1 N–H and O–H groups in total. The maximum atomic E-state index is 12.2. The van der Waals surface area contributed by atoms with Crippen LogP contribution in [0, 0.1) is 0 Å². The standard InChI is InChI=1S/C15H23N3O3S2/c19-23(20,13-1-2-13)17-12-3-7-21-15(9-12)4-6-18(11-15)10-14-16-5-8-22-14/h5,8,12-13,17H,1-4,6-7,9-11H2/t12-,15-/m0/s1. The molecule has 0 amide bonds. The first-order chi connectivity index (χ1) is 11.0. The summed E-state index contributed by atoms with van der Waals surface area (Å²) in [5, 5.41) is 2.98. The molecule has 3 heterocycles. The van der Waals surface area contributed by atoms with Crippen molar-refractivity contribution in [3.05, 3.63) is 16.6 Å². The van der Waals surface area contributed by atoms with Crippen LogP contribution in [0.5, 0.6) is 0 Å². The molecule has 0 radical (unpaired) electrons. The fourth-order valence-electron chi connectivity index (χ4n) is 3.70. The largest absolute Gasteiger partial charge is 0.373 e. The molecule has 0 unspecified atom stereocenters. The van der Waals surface area contributed by atoms with E-state index in [-0.39, 0.29) is 16.9 Å². The highest BCUT2D eigenvalue weighted by Crippen LogP contribution is 2.36. The molecule has 2 aliphatic heterocycles. The van der Waals surface area contributed by atoms with Crippen molar-refractivity contribution in [3.8, 4) is 0 Å². The number of nitrogens with one attached hydrogen (secondary N) is 1. The number of likely N-dealkylation sites (tertiary alicyclic amines) is 1. The van der Waals surface area contributed by atoms with Gasteiger partial charge >= 0.3 is 0 Å². The Kier molecular flexibility index (Phi) is 4.21. The van der Waals surface area contributed by atoms with Gasteiger partial charge in [-0.1, -0.05) is 0 Å². The molecule has 128 valence electrons. The van der Waals surface area contributed by atoms with Crippen LogP contribution < -0.4 is 4.72 Å². The predicted molar refractivity (Wildman–Crippen MR) is 88.8 cm³/mol. The Balaban J connectivity index is 1.37. The first-order valence-corrected chi connectivity index (χ1v) is 10.7. The molecule has 3 aliphatic rings. The molecular weight excluding hydrogens is 334 g/mol. The monoisotopic (exact) mass is 357 g/mol. The fourth-order valence-corrected chi connectivity index (χ4v) is 5.98. The Labute approximate surface area is 141 Å². The summed E-state index contributed by atoms with van der Waals surface area (Å²) in [5.41, 5.74) is -0.188. The summed E-state index contributed by atoms with van der Waals surface area (Å²) in [6.45, 7) is 3.36. The van der Waals surface area contributed by atoms with Gasteiger partial charge < -0.3 is 4.74 Å². The molecule has 1 spiro atoms. The zero-order chi connectivity index (χ0) is 15.9. The Morgan fingerprint density at radius 3 is 3.04 bits per heavy atom. The maximum absolute atomic E-state index is 12.2. The van der Waals surface area contributed by atoms with Crippen LogP contribution in [0.2, 0.25) is 0 Å². The lowest BCUT2D eigenvalue weighted by molar-refractivity contribution is -0.0779. The van der Waals surface area contributed by atoms with E-state index in [1.165, 1.54) is 0 Å². The quantitative estimate of drug-likeness (QED) is 0.861. The van der Waals surface area contributed by atoms with Crippen LogP contribution in [0.1, 0.15) is 37.1 Å². The van der Waals surface area contributed by atoms with Crippen molar-refractivity contribution in [2.24, 2.45) is 0 Å². The molecule has 0 bridgehead atoms. The van der Waals surface area contributed by atoms with Crippen molar-refractivity contribution in [2.75, 3.05) is 19.7 Å². The molecule has 1 aromatic rings. The highest BCUT2D eigenvalue weighted by atomic mass is 32.2. The summed E-state index contributed by atoms with van der Waals surface area (Å²) in [7, 11) is -3.11. The minimum Gasteiger partial charge on any atom is -0.373 e. The smallest absolute Gasteiger partial charge is 0.214 e. The molecule has 2 atom stereocenters. The van der Waals surface area contributed by atoms with E-state index >= 15 is 0 Å². The molecule has 1 saturated carbocycles. The molecule has 4 rings (SSSR count). The molecule has 2 saturated heterocycles. The molecule has 1 aliphatic carbocycles. The molecule has 0 aromatic carbocycles. The van der Waals surface area contributed by atoms with Crippen molar-refractivity contribution in [3.63, 3.8) is 0 Å². The third kappa shape index (κ3) is 3.61. The SMILES string of the molecule is O=S(=O)(N[C@H]1CCO[C@@]2(CCN(Cc3nccs3)C2)C1)C1CC1. The Hall–Kier alpha value is -0.540. The van der Waals surface area contributed by atoms with E-state index in [0.29, 0.717) is 6.61 Å². The fraction of sp³-hybridized carbons (Fsp3) is 0.800. The van der Waals surface area contributed by atoms with Crippen LogP contribution in [0.4, 0.5) is 0 Å². The van der Waals surface area contributed by atoms with Gasteiger partial charge in [0.2, 0.25) is 10.0 Å². The van der Waals surface area contributed by atoms with Crippen molar-refractivity contribution < 1.29 is 13.2 Å². The van der Waals surface area contributed by atoms with Gasteiger partial charge in [-0.25, -0.2) is 18.1 Å². The van der Waals surface area contributed by atoms with Crippen LogP contribution in [0.3, 0.4) is 0 Å². The van der Waals surface area contributed by atoms with Gasteiger partial charge in [0.15, 0.2) is 0 Å². The van der Waals surface area contributed by atoms with E-state index in [1.54, 1.807) is 11.3 Å². The van der Waals surface area contributed by atoms with Gasteiger partial charge in [-0.05, 0) is 32.1 Å². The van der Waals surface area contributed by atoms with Crippen molar-refractivity contribution >= 4 is 21.4 Å². The first kappa shape index (κ1) is 16.0. The van der Waals surface area contributed by atoms with E-state index in [4.69, 9.17) is 4.74 Å². The Bertz CT molecular complexity index is 645. The second-order valence-electron chi connectivity index (χ2n) is 6.97. The highest BCUT2D eigenvalue weighted by molar-refractivity contribution is 7.90. The van der Waals surface area contributed by atoms with Crippen LogP contribution >= 0.6 is 11.3 Å². The van der Waals surface area contributed by atoms with Gasteiger partial charge in [-0.15, -0.1) is 11.3 Å². The van der Waals surface area contributed by atoms with Crippen LogP contribution in [0.15, 0.2) is 11.6 Å². The van der Waals surface area contributed by atoms with E-state index in [0.717, 1.165) is 56.7 Å². The zero-order valence-corrected chi connectivity index (χ0v) is 14.7. The van der Waals surface area contributed by atoms with Crippen LogP contribution in [-0.2, 0) is 21.3 Å². The summed E-state index contributed by atoms with van der Waals surface area (Å²) in [6, 6.07) is 0.0224. The predicted octanol–water partition coefficient (Wildman–Crippen LogP) is 1.35. The Morgan fingerprint density at radius 2 is 2.30 bits per heavy atom. The van der Waals surface area contributed by atoms with Crippen LogP contribution in [0.25, 0.3) is 0 Å². The number of rotatable bonds is 5. The van der Waals surface area contributed by atoms with Crippen molar-refractivity contribution in [1.29, 1.82) is 0 Å². The number of sulfonamides is 1. The highest BCUT2D eigenvalue weighted by Gasteiger charge is 2.45. The summed E-state index contributed by atoms with van der Waals surface area (Å²) < 4.78 is 33.4. The van der Waals surface area contributed by atoms with E-state index < -0.39 is 10.0 Å². The van der Waals surface area contributed by atoms with Gasteiger partial charge in [0.25, 0.3) is 0 Å². The van der Waals surface area contributed by atoms with Crippen LogP contribution in [-0.4, -0.2) is 54.9 Å². The number of hydrogen-bond donors (Lipinski definition) is 1. The average molecular weight is 358 g/mol. The summed E-state index contributed by atoms with van der Waals surface area (Å²) in [5.74, 6) is 0. The van der Waals surface area contributed by atoms with Crippen molar-refractivity contribution in [2.45, 2.75) is 55.5 Å². The molecule has 3 fully saturated rings. The van der Waals surface area contributed by atoms with E-state index in [9.17, 15) is 8.42 Å². The lowest BCUT2D eigenvalue weighted by Gasteiger charge is -2.38. The maximum Gasteiger partial charge on any atom is 0.214 e. The lowest BCUT2D eigenvalue weighted by atomic mass is 9.90. The van der Waals surface area contributed by atoms with Gasteiger partial charge in [-0.3, -0.25) is 4.90 Å². The second kappa shape index (κ2) is 6.07. The summed E-state index contributed by atoms with van der Waals surface area (Å²) in [6.07, 6.45) is 6.00. The molecule has 23 heavy (non-hydrogen) atoms. The molecule has 1 aromatic heterocycles. The van der Waals surface area contributed by atoms with Gasteiger partial charge in [0.05, 0.1) is 17.4 Å². The lowest BCUT2D eigenvalue weighted by Crippen LogP contribution is -2.50. The van der Waals surface area contributed by atoms with E-state index in [2.05, 4.69) is 14.6 Å². The van der Waals surface area contributed by atoms with Crippen molar-refractivity contribution in [1.82, 2.24) is 14.6 Å². The number of nitrogens with zero attached hydrogens (tertiary/aromatic N) is 2. The van der Waals surface area contributed by atoms with Gasteiger partial charge in [-0.2, -0.15) is 0 Å². The summed E-state index contributed by atoms with van der Waals surface area (Å²) >= 11 is 1.68. The topological polar surface area (TPSA) is 71.5 Å². The molecule has 6 nitrogen and oxygen atoms in total. The van der Waals surface area contributed by atoms with Gasteiger partial charge in [0, 0.05) is 37.3 Å². The number of ether oxygens (including phenoxy) is 1. The zero-order valence-electron chi connectivity index (χ0n) is 13.1. The first-order valence-electron chi connectivity index (χ1n) is 8.31. The average Bonchev–Trinajstić information content (AvgIpc) is 3.15. The number of hydrogen-bond acceptors (Lipinski definition) is 6. The number of aromatic nitrogens is 1. The second-order valence-corrected chi connectivity index (χ2v) is 9.94. The molecule has 8 heteroatoms. The normalized spacial score (nSPS) is 32.6. The third-order valence-electron chi connectivity index (χ3n) is 5.02. The third-order valence-corrected chi connectivity index (χ3v) is 7.80. The minimum atomic E-state index is -3.11. The minimum absolute atomic E-state index is 0.0224. The van der Waals surface area contributed by atoms with Gasteiger partial charge in [0.1, 0.15) is 5.01 Å². The molecular formula is C15H23N3O3S2. The Morgan fingerprint density at radius 1 is 1.43 bits per heavy atom. The summed E-state index contributed by atoms with van der Waals surface area (Å²) in [4.78, 5) is 6.72. The van der Waals surface area contributed by atoms with E-state index in [1.807, 2.05) is 11.6 Å².